The monoisotopic (exact) mass is 458 g/mol. The highest BCUT2D eigenvalue weighted by Crippen LogP contribution is 2.78. The van der Waals surface area contributed by atoms with E-state index < -0.39 is 0 Å². The molecule has 0 aromatic heterocycles. The van der Waals surface area contributed by atoms with Crippen LogP contribution in [0.2, 0.25) is 0 Å². The number of ketones is 1. The van der Waals surface area contributed by atoms with E-state index >= 15 is 0 Å². The van der Waals surface area contributed by atoms with Gasteiger partial charge in [-0.1, -0.05) is 41.5 Å². The van der Waals surface area contributed by atoms with Crippen LogP contribution in [-0.4, -0.2) is 29.2 Å². The van der Waals surface area contributed by atoms with Crippen LogP contribution < -0.4 is 0 Å². The zero-order valence-corrected chi connectivity index (χ0v) is 22.3. The first-order valence-corrected chi connectivity index (χ1v) is 14.1. The van der Waals surface area contributed by atoms with Gasteiger partial charge in [-0.2, -0.15) is 0 Å². The second-order valence-corrected chi connectivity index (χ2v) is 15.0. The molecule has 0 heterocycles. The van der Waals surface area contributed by atoms with E-state index in [9.17, 15) is 15.0 Å². The third-order valence-electron chi connectivity index (χ3n) is 14.0. The van der Waals surface area contributed by atoms with Crippen LogP contribution in [0.1, 0.15) is 112 Å². The zero-order chi connectivity index (χ0) is 24.1. The van der Waals surface area contributed by atoms with E-state index in [1.165, 1.54) is 32.1 Å². The highest BCUT2D eigenvalue weighted by molar-refractivity contribution is 5.82. The van der Waals surface area contributed by atoms with Crippen molar-refractivity contribution in [3.8, 4) is 0 Å². The van der Waals surface area contributed by atoms with E-state index in [4.69, 9.17) is 0 Å². The Morgan fingerprint density at radius 3 is 2.03 bits per heavy atom. The Kier molecular flexibility index (Phi) is 5.38. The predicted molar refractivity (Wildman–Crippen MR) is 133 cm³/mol. The van der Waals surface area contributed by atoms with Gasteiger partial charge in [0, 0.05) is 25.6 Å². The fraction of sp³-hybridized carbons (Fsp3) is 0.967. The minimum Gasteiger partial charge on any atom is -0.396 e. The molecule has 5 aliphatic rings. The van der Waals surface area contributed by atoms with Crippen molar-refractivity contribution in [3.63, 3.8) is 0 Å². The average molecular weight is 459 g/mol. The molecule has 5 rings (SSSR count). The van der Waals surface area contributed by atoms with E-state index in [0.717, 1.165) is 38.5 Å². The Morgan fingerprint density at radius 2 is 1.36 bits per heavy atom. The predicted octanol–water partition coefficient (Wildman–Crippen LogP) is 6.40. The Labute approximate surface area is 202 Å². The number of Topliss-reactive ketones (excluding diaryl/α,β-unsaturated/α-hetero) is 1. The van der Waals surface area contributed by atoms with E-state index in [-0.39, 0.29) is 39.6 Å². The molecule has 0 saturated heterocycles. The second-order valence-electron chi connectivity index (χ2n) is 15.0. The van der Waals surface area contributed by atoms with E-state index in [2.05, 4.69) is 41.5 Å². The van der Waals surface area contributed by atoms with Crippen molar-refractivity contribution in [1.82, 2.24) is 0 Å². The quantitative estimate of drug-likeness (QED) is 0.503. The lowest BCUT2D eigenvalue weighted by molar-refractivity contribution is -0.264. The van der Waals surface area contributed by atoms with Gasteiger partial charge in [-0.3, -0.25) is 4.79 Å². The topological polar surface area (TPSA) is 57.5 Å². The standard InChI is InChI=1S/C30H50O3/c1-20-21(33)7-8-22-26(20,3)10-9-23-27(22,4)12-13-29(6)24-17-25(2,18-31)11-15-30(24,19-32)16-14-28(23,29)5/h20,22-24,31-32H,7-19H2,1-6H3/t20-,22+,23+,24-,25+,26+,27-,28+,29-,30+/m0/s1. The summed E-state index contributed by atoms with van der Waals surface area (Å²) in [7, 11) is 0. The minimum absolute atomic E-state index is 0.00432. The maximum Gasteiger partial charge on any atom is 0.136 e. The highest BCUT2D eigenvalue weighted by Gasteiger charge is 2.71. The molecule has 5 fully saturated rings. The molecule has 0 aromatic rings. The number of carbonyl (C=O) groups excluding carboxylic acids is 1. The van der Waals surface area contributed by atoms with E-state index in [1.54, 1.807) is 0 Å². The van der Waals surface area contributed by atoms with Crippen LogP contribution in [-0.2, 0) is 4.79 Å². The summed E-state index contributed by atoms with van der Waals surface area (Å²) < 4.78 is 0. The maximum absolute atomic E-state index is 12.7. The molecule has 3 heteroatoms. The summed E-state index contributed by atoms with van der Waals surface area (Å²) >= 11 is 0. The molecule has 33 heavy (non-hydrogen) atoms. The maximum atomic E-state index is 12.7. The number of rotatable bonds is 2. The van der Waals surface area contributed by atoms with Crippen LogP contribution in [0.4, 0.5) is 0 Å². The molecule has 0 spiro atoms. The number of aliphatic hydroxyl groups is 2. The fourth-order valence-corrected chi connectivity index (χ4v) is 11.3. The molecule has 0 aromatic carbocycles. The van der Waals surface area contributed by atoms with Gasteiger partial charge in [0.2, 0.25) is 0 Å². The molecule has 5 aliphatic carbocycles. The first-order valence-electron chi connectivity index (χ1n) is 14.1. The highest BCUT2D eigenvalue weighted by atomic mass is 16.3. The summed E-state index contributed by atoms with van der Waals surface area (Å²) in [6.07, 6.45) is 12.4. The molecule has 188 valence electrons. The van der Waals surface area contributed by atoms with Crippen molar-refractivity contribution in [1.29, 1.82) is 0 Å². The summed E-state index contributed by atoms with van der Waals surface area (Å²) in [6.45, 7) is 15.4. The molecule has 5 saturated carbocycles. The summed E-state index contributed by atoms with van der Waals surface area (Å²) in [5, 5.41) is 21.0. The lowest BCUT2D eigenvalue weighted by Gasteiger charge is -2.75. The van der Waals surface area contributed by atoms with Crippen LogP contribution in [0, 0.1) is 56.2 Å². The third kappa shape index (κ3) is 2.90. The third-order valence-corrected chi connectivity index (χ3v) is 14.0. The van der Waals surface area contributed by atoms with Gasteiger partial charge in [-0.25, -0.2) is 0 Å². The van der Waals surface area contributed by atoms with Crippen molar-refractivity contribution in [3.05, 3.63) is 0 Å². The fourth-order valence-electron chi connectivity index (χ4n) is 11.3. The molecule has 0 amide bonds. The van der Waals surface area contributed by atoms with Gasteiger partial charge in [0.15, 0.2) is 0 Å². The molecular weight excluding hydrogens is 408 g/mol. The first kappa shape index (κ1) is 24.3. The van der Waals surface area contributed by atoms with Gasteiger partial charge in [-0.15, -0.1) is 0 Å². The summed E-state index contributed by atoms with van der Waals surface area (Å²) in [6, 6.07) is 0. The largest absolute Gasteiger partial charge is 0.396 e. The number of hydrogen-bond acceptors (Lipinski definition) is 3. The van der Waals surface area contributed by atoms with Gasteiger partial charge in [0.05, 0.1) is 0 Å². The molecular formula is C30H50O3. The van der Waals surface area contributed by atoms with Crippen molar-refractivity contribution in [2.75, 3.05) is 13.2 Å². The van der Waals surface area contributed by atoms with Crippen molar-refractivity contribution in [2.24, 2.45) is 56.2 Å². The van der Waals surface area contributed by atoms with Crippen molar-refractivity contribution >= 4 is 5.78 Å². The van der Waals surface area contributed by atoms with Crippen LogP contribution >= 0.6 is 0 Å². The molecule has 0 aliphatic heterocycles. The first-order chi connectivity index (χ1) is 15.3. The summed E-state index contributed by atoms with van der Waals surface area (Å²) in [5.74, 6) is 2.53. The molecule has 0 bridgehead atoms. The van der Waals surface area contributed by atoms with Gasteiger partial charge >= 0.3 is 0 Å². The number of carbonyl (C=O) groups is 1. The van der Waals surface area contributed by atoms with Gasteiger partial charge in [0.1, 0.15) is 5.78 Å². The van der Waals surface area contributed by atoms with Crippen molar-refractivity contribution < 1.29 is 15.0 Å². The average Bonchev–Trinajstić information content (AvgIpc) is 2.79. The normalized spacial score (nSPS) is 58.6. The molecule has 0 radical (unpaired) electrons. The Bertz CT molecular complexity index is 823. The second kappa shape index (κ2) is 7.31. The molecule has 3 nitrogen and oxygen atoms in total. The van der Waals surface area contributed by atoms with Gasteiger partial charge < -0.3 is 10.2 Å². The van der Waals surface area contributed by atoms with E-state index in [0.29, 0.717) is 35.6 Å². The van der Waals surface area contributed by atoms with Crippen LogP contribution in [0.15, 0.2) is 0 Å². The Hall–Kier alpha value is -0.410. The van der Waals surface area contributed by atoms with Crippen LogP contribution in [0.3, 0.4) is 0 Å². The molecule has 0 unspecified atom stereocenters. The Morgan fingerprint density at radius 1 is 0.727 bits per heavy atom. The number of fused-ring (bicyclic) bond motifs is 7. The Balaban J connectivity index is 1.55. The summed E-state index contributed by atoms with van der Waals surface area (Å²) in [5.41, 5.74) is 0.988. The summed E-state index contributed by atoms with van der Waals surface area (Å²) in [4.78, 5) is 12.7. The lowest BCUT2D eigenvalue weighted by atomic mass is 9.30. The van der Waals surface area contributed by atoms with Gasteiger partial charge in [-0.05, 0) is 114 Å². The van der Waals surface area contributed by atoms with E-state index in [1.807, 2.05) is 0 Å². The van der Waals surface area contributed by atoms with Crippen molar-refractivity contribution in [2.45, 2.75) is 112 Å². The smallest absolute Gasteiger partial charge is 0.136 e. The van der Waals surface area contributed by atoms with Crippen LogP contribution in [0.5, 0.6) is 0 Å². The molecule has 10 atom stereocenters. The lowest BCUT2D eigenvalue weighted by Crippen LogP contribution is -2.68. The minimum atomic E-state index is -0.00432. The van der Waals surface area contributed by atoms with Gasteiger partial charge in [0.25, 0.3) is 0 Å². The molecule has 2 N–H and O–H groups in total. The number of aliphatic hydroxyl groups excluding tert-OH is 2. The zero-order valence-electron chi connectivity index (χ0n) is 22.3. The van der Waals surface area contributed by atoms with Crippen LogP contribution in [0.25, 0.3) is 0 Å². The SMILES string of the molecule is C[C@H]1C(=O)CC[C@H]2[C@]3(C)CC[C@@]4(C)[C@@H]5C[C@](C)(CO)CC[C@]5(CO)CC[C@]4(C)[C@@H]3CC[C@@]21C. The number of hydrogen-bond donors (Lipinski definition) is 2.